The van der Waals surface area contributed by atoms with E-state index in [0.29, 0.717) is 29.2 Å². The standard InChI is InChI=1S/C20H20N6O/c1-13-9-15(7-8-23-13)19(22)16-12-24-18(10-17(16)21)26-20(27)25-11-14-5-3-2-4-6-14/h2-10,12,22H,11H2,1H3,(H4,21,24,25,26,27). The highest BCUT2D eigenvalue weighted by Crippen LogP contribution is 2.19. The van der Waals surface area contributed by atoms with E-state index in [1.807, 2.05) is 43.3 Å². The van der Waals surface area contributed by atoms with Crippen LogP contribution in [0.2, 0.25) is 0 Å². The van der Waals surface area contributed by atoms with Gasteiger partial charge >= 0.3 is 6.03 Å². The Morgan fingerprint density at radius 3 is 2.63 bits per heavy atom. The van der Waals surface area contributed by atoms with Crippen molar-refractivity contribution in [3.05, 3.63) is 83.3 Å². The lowest BCUT2D eigenvalue weighted by Gasteiger charge is -2.11. The van der Waals surface area contributed by atoms with Crippen LogP contribution in [-0.4, -0.2) is 21.7 Å². The van der Waals surface area contributed by atoms with Gasteiger partial charge in [0.15, 0.2) is 0 Å². The summed E-state index contributed by atoms with van der Waals surface area (Å²) in [5.41, 5.74) is 9.70. The maximum absolute atomic E-state index is 12.0. The number of rotatable bonds is 5. The second-order valence-electron chi connectivity index (χ2n) is 6.01. The van der Waals surface area contributed by atoms with E-state index in [1.165, 1.54) is 6.20 Å². The smallest absolute Gasteiger partial charge is 0.320 e. The first-order valence-corrected chi connectivity index (χ1v) is 8.39. The van der Waals surface area contributed by atoms with Gasteiger partial charge in [0, 0.05) is 47.5 Å². The lowest BCUT2D eigenvalue weighted by atomic mass is 10.0. The van der Waals surface area contributed by atoms with E-state index < -0.39 is 0 Å². The number of amides is 2. The van der Waals surface area contributed by atoms with Gasteiger partial charge in [0.25, 0.3) is 0 Å². The molecule has 7 heteroatoms. The molecule has 0 saturated heterocycles. The number of aryl methyl sites for hydroxylation is 1. The second kappa shape index (κ2) is 8.09. The summed E-state index contributed by atoms with van der Waals surface area (Å²) in [5, 5.41) is 13.7. The highest BCUT2D eigenvalue weighted by atomic mass is 16.2. The van der Waals surface area contributed by atoms with Crippen LogP contribution in [0.4, 0.5) is 16.3 Å². The molecule has 0 atom stereocenters. The minimum atomic E-state index is -0.377. The molecular weight excluding hydrogens is 340 g/mol. The van der Waals surface area contributed by atoms with Crippen molar-refractivity contribution in [3.63, 3.8) is 0 Å². The molecular formula is C20H20N6O. The van der Waals surface area contributed by atoms with Gasteiger partial charge in [0.05, 0.1) is 5.71 Å². The fourth-order valence-electron chi connectivity index (χ4n) is 2.54. The molecule has 1 aromatic carbocycles. The minimum absolute atomic E-state index is 0.255. The number of nitrogens with zero attached hydrogens (tertiary/aromatic N) is 2. The molecule has 27 heavy (non-hydrogen) atoms. The molecule has 3 rings (SSSR count). The largest absolute Gasteiger partial charge is 0.398 e. The Morgan fingerprint density at radius 1 is 1.15 bits per heavy atom. The van der Waals surface area contributed by atoms with Gasteiger partial charge in [-0.25, -0.2) is 9.78 Å². The van der Waals surface area contributed by atoms with E-state index in [1.54, 1.807) is 18.3 Å². The van der Waals surface area contributed by atoms with E-state index >= 15 is 0 Å². The fraction of sp³-hybridized carbons (Fsp3) is 0.100. The first-order chi connectivity index (χ1) is 13.0. The van der Waals surface area contributed by atoms with Crippen LogP contribution in [0.25, 0.3) is 0 Å². The maximum Gasteiger partial charge on any atom is 0.320 e. The van der Waals surface area contributed by atoms with Crippen molar-refractivity contribution < 1.29 is 4.79 Å². The summed E-state index contributed by atoms with van der Waals surface area (Å²) in [5.74, 6) is 0.320. The first-order valence-electron chi connectivity index (χ1n) is 8.39. The topological polar surface area (TPSA) is 117 Å². The molecule has 0 saturated carbocycles. The summed E-state index contributed by atoms with van der Waals surface area (Å²) in [6, 6.07) is 14.3. The molecule has 2 aromatic heterocycles. The van der Waals surface area contributed by atoms with Crippen molar-refractivity contribution in [2.24, 2.45) is 0 Å². The summed E-state index contributed by atoms with van der Waals surface area (Å²) >= 11 is 0. The summed E-state index contributed by atoms with van der Waals surface area (Å²) in [7, 11) is 0. The predicted molar refractivity (Wildman–Crippen MR) is 106 cm³/mol. The van der Waals surface area contributed by atoms with Crippen molar-refractivity contribution >= 4 is 23.2 Å². The highest BCUT2D eigenvalue weighted by Gasteiger charge is 2.12. The van der Waals surface area contributed by atoms with Gasteiger partial charge in [-0.05, 0) is 24.6 Å². The van der Waals surface area contributed by atoms with Crippen molar-refractivity contribution in [2.75, 3.05) is 11.1 Å². The molecule has 0 unspecified atom stereocenters. The van der Waals surface area contributed by atoms with Crippen molar-refractivity contribution in [1.82, 2.24) is 15.3 Å². The van der Waals surface area contributed by atoms with Crippen LogP contribution in [0.5, 0.6) is 0 Å². The Hall–Kier alpha value is -3.74. The lowest BCUT2D eigenvalue weighted by molar-refractivity contribution is 0.251. The van der Waals surface area contributed by atoms with Crippen LogP contribution in [0.15, 0.2) is 60.9 Å². The van der Waals surface area contributed by atoms with E-state index in [-0.39, 0.29) is 11.7 Å². The monoisotopic (exact) mass is 360 g/mol. The lowest BCUT2D eigenvalue weighted by Crippen LogP contribution is -2.28. The zero-order valence-electron chi connectivity index (χ0n) is 14.9. The molecule has 3 aromatic rings. The SMILES string of the molecule is Cc1cc(C(=N)c2cnc(NC(=O)NCc3ccccc3)cc2N)ccn1. The number of anilines is 2. The number of aromatic nitrogens is 2. The van der Waals surface area contributed by atoms with Crippen LogP contribution in [0, 0.1) is 12.3 Å². The molecule has 0 spiro atoms. The minimum Gasteiger partial charge on any atom is -0.398 e. The van der Waals surface area contributed by atoms with Gasteiger partial charge in [-0.3, -0.25) is 15.7 Å². The number of benzene rings is 1. The molecule has 2 heterocycles. The second-order valence-corrected chi connectivity index (χ2v) is 6.01. The van der Waals surface area contributed by atoms with Crippen LogP contribution in [0.3, 0.4) is 0 Å². The molecule has 0 radical (unpaired) electrons. The normalized spacial score (nSPS) is 10.3. The molecule has 0 aliphatic rings. The van der Waals surface area contributed by atoms with Gasteiger partial charge in [0.2, 0.25) is 0 Å². The third-order valence-corrected chi connectivity index (χ3v) is 3.93. The molecule has 0 aliphatic carbocycles. The van der Waals surface area contributed by atoms with Gasteiger partial charge in [-0.2, -0.15) is 0 Å². The molecule has 0 aliphatic heterocycles. The Balaban J connectivity index is 1.65. The number of carbonyl (C=O) groups excluding carboxylic acids is 1. The Kier molecular flexibility index (Phi) is 5.41. The van der Waals surface area contributed by atoms with Crippen LogP contribution < -0.4 is 16.4 Å². The van der Waals surface area contributed by atoms with E-state index in [2.05, 4.69) is 20.6 Å². The van der Waals surface area contributed by atoms with Gasteiger partial charge < -0.3 is 11.1 Å². The van der Waals surface area contributed by atoms with E-state index in [0.717, 1.165) is 11.3 Å². The third-order valence-electron chi connectivity index (χ3n) is 3.93. The molecule has 5 N–H and O–H groups in total. The third kappa shape index (κ3) is 4.66. The summed E-state index contributed by atoms with van der Waals surface area (Å²) in [6.45, 7) is 2.27. The van der Waals surface area contributed by atoms with Crippen LogP contribution >= 0.6 is 0 Å². The molecule has 0 fully saturated rings. The number of nitrogens with one attached hydrogen (secondary N) is 3. The molecule has 136 valence electrons. The maximum atomic E-state index is 12.0. The van der Waals surface area contributed by atoms with Gasteiger partial charge in [-0.1, -0.05) is 30.3 Å². The number of urea groups is 1. The molecule has 7 nitrogen and oxygen atoms in total. The summed E-state index contributed by atoms with van der Waals surface area (Å²) < 4.78 is 0. The zero-order chi connectivity index (χ0) is 19.2. The van der Waals surface area contributed by atoms with Crippen LogP contribution in [0.1, 0.15) is 22.4 Å². The average molecular weight is 360 g/mol. The summed E-state index contributed by atoms with van der Waals surface area (Å²) in [6.07, 6.45) is 3.13. The van der Waals surface area contributed by atoms with Crippen molar-refractivity contribution in [1.29, 1.82) is 5.41 Å². The predicted octanol–water partition coefficient (Wildman–Crippen LogP) is 3.11. The van der Waals surface area contributed by atoms with Crippen molar-refractivity contribution in [3.8, 4) is 0 Å². The Morgan fingerprint density at radius 2 is 1.93 bits per heavy atom. The van der Waals surface area contributed by atoms with E-state index in [4.69, 9.17) is 11.1 Å². The van der Waals surface area contributed by atoms with Gasteiger partial charge in [0.1, 0.15) is 5.82 Å². The average Bonchev–Trinajstić information content (AvgIpc) is 2.67. The number of nitrogen functional groups attached to an aromatic ring is 1. The fourth-order valence-corrected chi connectivity index (χ4v) is 2.54. The summed E-state index contributed by atoms with van der Waals surface area (Å²) in [4.78, 5) is 20.3. The van der Waals surface area contributed by atoms with Gasteiger partial charge in [-0.15, -0.1) is 0 Å². The number of nitrogens with two attached hydrogens (primary N) is 1. The first kappa shape index (κ1) is 18.1. The highest BCUT2D eigenvalue weighted by molar-refractivity contribution is 6.13. The molecule has 2 amide bonds. The number of hydrogen-bond acceptors (Lipinski definition) is 5. The van der Waals surface area contributed by atoms with E-state index in [9.17, 15) is 4.79 Å². The Bertz CT molecular complexity index is 971. The van der Waals surface area contributed by atoms with Crippen LogP contribution in [-0.2, 0) is 6.54 Å². The zero-order valence-corrected chi connectivity index (χ0v) is 14.9. The number of carbonyl (C=O) groups is 1. The van der Waals surface area contributed by atoms with Crippen molar-refractivity contribution in [2.45, 2.75) is 13.5 Å². The quantitative estimate of drug-likeness (QED) is 0.523. The number of pyridine rings is 2. The Labute approximate surface area is 157 Å². The number of hydrogen-bond donors (Lipinski definition) is 4. The molecule has 0 bridgehead atoms.